The number of halogens is 1. The Morgan fingerprint density at radius 1 is 1.13 bits per heavy atom. The summed E-state index contributed by atoms with van der Waals surface area (Å²) < 4.78 is 14.7. The molecular formula is C17H21FN4O. The first-order valence-corrected chi connectivity index (χ1v) is 7.85. The Kier molecular flexibility index (Phi) is 4.71. The van der Waals surface area contributed by atoms with Crippen LogP contribution in [0.15, 0.2) is 36.5 Å². The van der Waals surface area contributed by atoms with Crippen LogP contribution in [0.5, 0.6) is 0 Å². The molecule has 6 heteroatoms. The van der Waals surface area contributed by atoms with Gasteiger partial charge in [0, 0.05) is 44.6 Å². The number of amides is 1. The molecule has 2 heterocycles. The van der Waals surface area contributed by atoms with E-state index in [0.717, 1.165) is 44.0 Å². The maximum atomic E-state index is 12.9. The van der Waals surface area contributed by atoms with Gasteiger partial charge in [-0.25, -0.2) is 4.39 Å². The van der Waals surface area contributed by atoms with Crippen molar-refractivity contribution in [3.63, 3.8) is 0 Å². The van der Waals surface area contributed by atoms with E-state index in [-0.39, 0.29) is 11.7 Å². The second-order valence-corrected chi connectivity index (χ2v) is 5.91. The number of rotatable bonds is 4. The predicted octanol–water partition coefficient (Wildman–Crippen LogP) is 1.68. The van der Waals surface area contributed by atoms with Crippen molar-refractivity contribution in [1.29, 1.82) is 0 Å². The second kappa shape index (κ2) is 6.91. The lowest BCUT2D eigenvalue weighted by Crippen LogP contribution is -2.49. The number of benzene rings is 1. The van der Waals surface area contributed by atoms with Gasteiger partial charge in [-0.1, -0.05) is 12.1 Å². The van der Waals surface area contributed by atoms with Crippen molar-refractivity contribution in [2.24, 2.45) is 0 Å². The highest BCUT2D eigenvalue weighted by Crippen LogP contribution is 2.10. The molecule has 0 radical (unpaired) electrons. The summed E-state index contributed by atoms with van der Waals surface area (Å²) in [5.74, 6) is -0.101. The average molecular weight is 316 g/mol. The van der Waals surface area contributed by atoms with Crippen LogP contribution < -0.4 is 0 Å². The SMILES string of the molecule is Cc1ccnn1CC(=O)N1CCN(Cc2ccc(F)cc2)CC1. The summed E-state index contributed by atoms with van der Waals surface area (Å²) in [5.41, 5.74) is 2.09. The molecule has 1 aromatic carbocycles. The fourth-order valence-corrected chi connectivity index (χ4v) is 2.80. The van der Waals surface area contributed by atoms with Gasteiger partial charge in [0.15, 0.2) is 0 Å². The number of carbonyl (C=O) groups excluding carboxylic acids is 1. The van der Waals surface area contributed by atoms with E-state index in [2.05, 4.69) is 10.00 Å². The molecule has 3 rings (SSSR count). The van der Waals surface area contributed by atoms with Crippen LogP contribution in [0.4, 0.5) is 4.39 Å². The molecule has 0 atom stereocenters. The molecule has 1 aliphatic heterocycles. The van der Waals surface area contributed by atoms with E-state index in [0.29, 0.717) is 6.54 Å². The lowest BCUT2D eigenvalue weighted by Gasteiger charge is -2.34. The van der Waals surface area contributed by atoms with Crippen LogP contribution >= 0.6 is 0 Å². The first kappa shape index (κ1) is 15.7. The third kappa shape index (κ3) is 3.96. The third-order valence-corrected chi connectivity index (χ3v) is 4.26. The van der Waals surface area contributed by atoms with Gasteiger partial charge >= 0.3 is 0 Å². The normalized spacial score (nSPS) is 15.8. The second-order valence-electron chi connectivity index (χ2n) is 5.91. The van der Waals surface area contributed by atoms with Crippen molar-refractivity contribution in [1.82, 2.24) is 19.6 Å². The van der Waals surface area contributed by atoms with Crippen LogP contribution in [0, 0.1) is 12.7 Å². The molecule has 1 fully saturated rings. The van der Waals surface area contributed by atoms with Crippen LogP contribution in [0.2, 0.25) is 0 Å². The molecule has 122 valence electrons. The quantitative estimate of drug-likeness (QED) is 0.862. The van der Waals surface area contributed by atoms with Crippen LogP contribution in [0.1, 0.15) is 11.3 Å². The Hall–Kier alpha value is -2.21. The largest absolute Gasteiger partial charge is 0.339 e. The molecule has 1 amide bonds. The fourth-order valence-electron chi connectivity index (χ4n) is 2.80. The van der Waals surface area contributed by atoms with Crippen LogP contribution in [0.3, 0.4) is 0 Å². The summed E-state index contributed by atoms with van der Waals surface area (Å²) in [6.45, 7) is 6.15. The van der Waals surface area contributed by atoms with Gasteiger partial charge in [-0.15, -0.1) is 0 Å². The van der Waals surface area contributed by atoms with E-state index >= 15 is 0 Å². The highest BCUT2D eigenvalue weighted by molar-refractivity contribution is 5.76. The summed E-state index contributed by atoms with van der Waals surface area (Å²) in [5, 5.41) is 4.16. The maximum Gasteiger partial charge on any atom is 0.244 e. The van der Waals surface area contributed by atoms with Crippen LogP contribution in [-0.4, -0.2) is 51.7 Å². The van der Waals surface area contributed by atoms with Crippen molar-refractivity contribution >= 4 is 5.91 Å². The van der Waals surface area contributed by atoms with Crippen LogP contribution in [-0.2, 0) is 17.9 Å². The molecule has 1 saturated heterocycles. The topological polar surface area (TPSA) is 41.4 Å². The number of carbonyl (C=O) groups is 1. The molecule has 0 spiro atoms. The van der Waals surface area contributed by atoms with Crippen molar-refractivity contribution in [2.45, 2.75) is 20.0 Å². The molecule has 1 aliphatic rings. The number of aromatic nitrogens is 2. The van der Waals surface area contributed by atoms with E-state index in [1.54, 1.807) is 10.9 Å². The van der Waals surface area contributed by atoms with Gasteiger partial charge in [-0.3, -0.25) is 14.4 Å². The van der Waals surface area contributed by atoms with E-state index in [1.807, 2.05) is 30.0 Å². The zero-order chi connectivity index (χ0) is 16.2. The minimum absolute atomic E-state index is 0.109. The number of piperazine rings is 1. The molecule has 5 nitrogen and oxygen atoms in total. The lowest BCUT2D eigenvalue weighted by atomic mass is 10.2. The maximum absolute atomic E-state index is 12.9. The minimum atomic E-state index is -0.210. The molecule has 1 aromatic heterocycles. The average Bonchev–Trinajstić information content (AvgIpc) is 2.95. The summed E-state index contributed by atoms with van der Waals surface area (Å²) >= 11 is 0. The summed E-state index contributed by atoms with van der Waals surface area (Å²) in [7, 11) is 0. The molecule has 0 bridgehead atoms. The zero-order valence-electron chi connectivity index (χ0n) is 13.3. The highest BCUT2D eigenvalue weighted by atomic mass is 19.1. The first-order chi connectivity index (χ1) is 11.1. The molecule has 0 N–H and O–H groups in total. The summed E-state index contributed by atoms with van der Waals surface area (Å²) in [6.07, 6.45) is 1.71. The van der Waals surface area contributed by atoms with E-state index in [9.17, 15) is 9.18 Å². The Morgan fingerprint density at radius 3 is 2.43 bits per heavy atom. The van der Waals surface area contributed by atoms with Crippen LogP contribution in [0.25, 0.3) is 0 Å². The molecule has 2 aromatic rings. The number of hydrogen-bond acceptors (Lipinski definition) is 3. The minimum Gasteiger partial charge on any atom is -0.339 e. The van der Waals surface area contributed by atoms with Crippen molar-refractivity contribution in [3.05, 3.63) is 53.6 Å². The number of nitrogens with zero attached hydrogens (tertiary/aromatic N) is 4. The highest BCUT2D eigenvalue weighted by Gasteiger charge is 2.21. The van der Waals surface area contributed by atoms with Gasteiger partial charge in [0.1, 0.15) is 12.4 Å². The molecule has 23 heavy (non-hydrogen) atoms. The van der Waals surface area contributed by atoms with E-state index < -0.39 is 0 Å². The zero-order valence-corrected chi connectivity index (χ0v) is 13.3. The Balaban J connectivity index is 1.49. The van der Waals surface area contributed by atoms with Gasteiger partial charge in [0.25, 0.3) is 0 Å². The van der Waals surface area contributed by atoms with Crippen molar-refractivity contribution in [3.8, 4) is 0 Å². The standard InChI is InChI=1S/C17H21FN4O/c1-14-6-7-19-22(14)13-17(23)21-10-8-20(9-11-21)12-15-2-4-16(18)5-3-15/h2-7H,8-13H2,1H3. The molecular weight excluding hydrogens is 295 g/mol. The Bertz CT molecular complexity index is 659. The van der Waals surface area contributed by atoms with Crippen molar-refractivity contribution < 1.29 is 9.18 Å². The van der Waals surface area contributed by atoms with Gasteiger partial charge < -0.3 is 4.90 Å². The summed E-state index contributed by atoms with van der Waals surface area (Å²) in [6, 6.07) is 8.50. The predicted molar refractivity (Wildman–Crippen MR) is 85.2 cm³/mol. The number of hydrogen-bond donors (Lipinski definition) is 0. The molecule has 0 unspecified atom stereocenters. The first-order valence-electron chi connectivity index (χ1n) is 7.85. The van der Waals surface area contributed by atoms with Gasteiger partial charge in [-0.2, -0.15) is 5.10 Å². The van der Waals surface area contributed by atoms with E-state index in [1.165, 1.54) is 12.1 Å². The lowest BCUT2D eigenvalue weighted by molar-refractivity contribution is -0.133. The van der Waals surface area contributed by atoms with Gasteiger partial charge in [-0.05, 0) is 30.7 Å². The Labute approximate surface area is 135 Å². The smallest absolute Gasteiger partial charge is 0.244 e. The Morgan fingerprint density at radius 2 is 1.83 bits per heavy atom. The van der Waals surface area contributed by atoms with E-state index in [4.69, 9.17) is 0 Å². The summed E-state index contributed by atoms with van der Waals surface area (Å²) in [4.78, 5) is 16.5. The van der Waals surface area contributed by atoms with Crippen molar-refractivity contribution in [2.75, 3.05) is 26.2 Å². The fraction of sp³-hybridized carbons (Fsp3) is 0.412. The molecule has 0 aliphatic carbocycles. The van der Waals surface area contributed by atoms with Gasteiger partial charge in [0.05, 0.1) is 0 Å². The van der Waals surface area contributed by atoms with Gasteiger partial charge in [0.2, 0.25) is 5.91 Å². The monoisotopic (exact) mass is 316 g/mol. The molecule has 0 saturated carbocycles. The number of aryl methyl sites for hydroxylation is 1. The third-order valence-electron chi connectivity index (χ3n) is 4.26.